The highest BCUT2D eigenvalue weighted by atomic mass is 32.1. The van der Waals surface area contributed by atoms with Gasteiger partial charge >= 0.3 is 0 Å². The highest BCUT2D eigenvalue weighted by Gasteiger charge is 2.10. The Balaban J connectivity index is 2.97. The van der Waals surface area contributed by atoms with Crippen molar-refractivity contribution < 1.29 is 8.78 Å². The van der Waals surface area contributed by atoms with E-state index in [0.717, 1.165) is 11.3 Å². The molecular formula is C9H6F2S. The van der Waals surface area contributed by atoms with E-state index >= 15 is 0 Å². The first-order valence-corrected chi connectivity index (χ1v) is 4.35. The number of benzene rings is 1. The maximum absolute atomic E-state index is 13.1. The van der Waals surface area contributed by atoms with Gasteiger partial charge in [-0.2, -0.15) is 4.39 Å². The zero-order chi connectivity index (χ0) is 8.72. The second-order valence-electron chi connectivity index (χ2n) is 2.61. The number of halogens is 2. The molecule has 3 heteroatoms. The molecule has 0 saturated heterocycles. The van der Waals surface area contributed by atoms with E-state index in [4.69, 9.17) is 0 Å². The van der Waals surface area contributed by atoms with E-state index in [-0.39, 0.29) is 10.9 Å². The van der Waals surface area contributed by atoms with Crippen LogP contribution in [0, 0.1) is 17.9 Å². The standard InChI is InChI=1S/C9H6F2S/c1-5-8-6(10)3-2-4-7(8)12-9(5)11/h2-4H,1H3. The molecule has 2 aromatic rings. The molecule has 1 heterocycles. The molecule has 0 radical (unpaired) electrons. The Morgan fingerprint density at radius 3 is 2.67 bits per heavy atom. The number of thiophene rings is 1. The zero-order valence-electron chi connectivity index (χ0n) is 6.40. The van der Waals surface area contributed by atoms with Gasteiger partial charge in [-0.15, -0.1) is 11.3 Å². The Bertz CT molecular complexity index is 431. The van der Waals surface area contributed by atoms with Gasteiger partial charge in [0.15, 0.2) is 5.13 Å². The number of hydrogen-bond donors (Lipinski definition) is 0. The fraction of sp³-hybridized carbons (Fsp3) is 0.111. The van der Waals surface area contributed by atoms with Crippen LogP contribution in [0.5, 0.6) is 0 Å². The van der Waals surface area contributed by atoms with Gasteiger partial charge in [-0.25, -0.2) is 4.39 Å². The van der Waals surface area contributed by atoms with Gasteiger partial charge in [-0.05, 0) is 19.1 Å². The van der Waals surface area contributed by atoms with E-state index in [1.165, 1.54) is 6.07 Å². The van der Waals surface area contributed by atoms with Crippen LogP contribution in [-0.4, -0.2) is 0 Å². The normalized spacial score (nSPS) is 10.9. The smallest absolute Gasteiger partial charge is 0.180 e. The molecule has 0 aliphatic heterocycles. The van der Waals surface area contributed by atoms with Crippen LogP contribution in [0.15, 0.2) is 18.2 Å². The zero-order valence-corrected chi connectivity index (χ0v) is 7.21. The predicted molar refractivity (Wildman–Crippen MR) is 46.5 cm³/mol. The lowest BCUT2D eigenvalue weighted by Gasteiger charge is -1.91. The summed E-state index contributed by atoms with van der Waals surface area (Å²) in [5.74, 6) is -0.342. The number of rotatable bonds is 0. The molecule has 0 nitrogen and oxygen atoms in total. The number of aryl methyl sites for hydroxylation is 1. The van der Waals surface area contributed by atoms with Crippen molar-refractivity contribution in [3.05, 3.63) is 34.7 Å². The van der Waals surface area contributed by atoms with E-state index < -0.39 is 0 Å². The van der Waals surface area contributed by atoms with Crippen LogP contribution in [0.2, 0.25) is 0 Å². The summed E-state index contributed by atoms with van der Waals surface area (Å²) >= 11 is 0.986. The Morgan fingerprint density at radius 2 is 2.00 bits per heavy atom. The Morgan fingerprint density at radius 1 is 1.25 bits per heavy atom. The summed E-state index contributed by atoms with van der Waals surface area (Å²) < 4.78 is 26.7. The van der Waals surface area contributed by atoms with Crippen molar-refractivity contribution in [2.45, 2.75) is 6.92 Å². The summed E-state index contributed by atoms with van der Waals surface area (Å²) in [7, 11) is 0. The van der Waals surface area contributed by atoms with E-state index in [1.54, 1.807) is 19.1 Å². The van der Waals surface area contributed by atoms with Crippen molar-refractivity contribution >= 4 is 21.4 Å². The molecule has 0 aliphatic carbocycles. The third-order valence-electron chi connectivity index (χ3n) is 1.84. The Kier molecular flexibility index (Phi) is 1.61. The average Bonchev–Trinajstić information content (AvgIpc) is 2.29. The molecule has 1 aromatic heterocycles. The summed E-state index contributed by atoms with van der Waals surface area (Å²) in [6.45, 7) is 1.59. The molecule has 0 N–H and O–H groups in total. The average molecular weight is 184 g/mol. The lowest BCUT2D eigenvalue weighted by molar-refractivity contribution is 0.632. The van der Waals surface area contributed by atoms with Crippen molar-refractivity contribution in [3.63, 3.8) is 0 Å². The number of hydrogen-bond acceptors (Lipinski definition) is 1. The highest BCUT2D eigenvalue weighted by molar-refractivity contribution is 7.17. The van der Waals surface area contributed by atoms with E-state index in [1.807, 2.05) is 0 Å². The number of fused-ring (bicyclic) bond motifs is 1. The van der Waals surface area contributed by atoms with Gasteiger partial charge in [0.05, 0.1) is 0 Å². The largest absolute Gasteiger partial charge is 0.206 e. The van der Waals surface area contributed by atoms with Gasteiger partial charge in [0.25, 0.3) is 0 Å². The van der Waals surface area contributed by atoms with Crippen LogP contribution in [0.25, 0.3) is 10.1 Å². The van der Waals surface area contributed by atoms with Crippen molar-refractivity contribution in [2.75, 3.05) is 0 Å². The van der Waals surface area contributed by atoms with Crippen LogP contribution in [-0.2, 0) is 0 Å². The molecule has 2 rings (SSSR count). The van der Waals surface area contributed by atoms with Crippen molar-refractivity contribution in [3.8, 4) is 0 Å². The molecule has 0 saturated carbocycles. The van der Waals surface area contributed by atoms with Crippen LogP contribution >= 0.6 is 11.3 Å². The summed E-state index contributed by atoms with van der Waals surface area (Å²) in [4.78, 5) is 0. The first-order chi connectivity index (χ1) is 5.70. The van der Waals surface area contributed by atoms with Gasteiger partial charge in [0, 0.05) is 15.6 Å². The minimum Gasteiger partial charge on any atom is -0.206 e. The summed E-state index contributed by atoms with van der Waals surface area (Å²) in [6.07, 6.45) is 0. The topological polar surface area (TPSA) is 0 Å². The second kappa shape index (κ2) is 2.52. The maximum atomic E-state index is 13.1. The lowest BCUT2D eigenvalue weighted by Crippen LogP contribution is -1.77. The third kappa shape index (κ3) is 0.932. The summed E-state index contributed by atoms with van der Waals surface area (Å²) in [5, 5.41) is 0.120. The van der Waals surface area contributed by atoms with Crippen LogP contribution in [0.3, 0.4) is 0 Å². The van der Waals surface area contributed by atoms with Crippen molar-refractivity contribution in [1.82, 2.24) is 0 Å². The van der Waals surface area contributed by atoms with Gasteiger partial charge < -0.3 is 0 Å². The molecule has 0 bridgehead atoms. The second-order valence-corrected chi connectivity index (χ2v) is 3.62. The molecule has 1 aromatic carbocycles. The van der Waals surface area contributed by atoms with Gasteiger partial charge in [0.1, 0.15) is 5.82 Å². The Labute approximate surface area is 72.4 Å². The van der Waals surface area contributed by atoms with E-state index in [9.17, 15) is 8.78 Å². The first kappa shape index (κ1) is 7.68. The minimum absolute atomic E-state index is 0.296. The molecule has 12 heavy (non-hydrogen) atoms. The third-order valence-corrected chi connectivity index (χ3v) is 2.89. The van der Waals surface area contributed by atoms with Crippen molar-refractivity contribution in [2.24, 2.45) is 0 Å². The van der Waals surface area contributed by atoms with Crippen LogP contribution in [0.1, 0.15) is 5.56 Å². The first-order valence-electron chi connectivity index (χ1n) is 3.53. The van der Waals surface area contributed by atoms with Crippen LogP contribution < -0.4 is 0 Å². The molecule has 62 valence electrons. The molecule has 0 fully saturated rings. The predicted octanol–water partition coefficient (Wildman–Crippen LogP) is 3.49. The van der Waals surface area contributed by atoms with Gasteiger partial charge in [-0.3, -0.25) is 0 Å². The van der Waals surface area contributed by atoms with Crippen molar-refractivity contribution in [1.29, 1.82) is 0 Å². The molecule has 0 aliphatic rings. The molecule has 0 spiro atoms. The SMILES string of the molecule is Cc1c(F)sc2cccc(F)c12. The van der Waals surface area contributed by atoms with E-state index in [2.05, 4.69) is 0 Å². The lowest BCUT2D eigenvalue weighted by atomic mass is 10.2. The summed E-state index contributed by atoms with van der Waals surface area (Å²) in [6, 6.07) is 4.66. The van der Waals surface area contributed by atoms with E-state index in [0.29, 0.717) is 15.6 Å². The molecular weight excluding hydrogens is 178 g/mol. The fourth-order valence-electron chi connectivity index (χ4n) is 1.22. The molecule has 0 atom stereocenters. The highest BCUT2D eigenvalue weighted by Crippen LogP contribution is 2.30. The molecule has 0 unspecified atom stereocenters. The molecule has 0 amide bonds. The fourth-order valence-corrected chi connectivity index (χ4v) is 2.17. The van der Waals surface area contributed by atoms with Crippen LogP contribution in [0.4, 0.5) is 8.78 Å². The minimum atomic E-state index is -0.342. The quantitative estimate of drug-likeness (QED) is 0.588. The Hall–Kier alpha value is -0.960. The monoisotopic (exact) mass is 184 g/mol. The van der Waals surface area contributed by atoms with Gasteiger partial charge in [0.2, 0.25) is 0 Å². The summed E-state index contributed by atoms with van der Waals surface area (Å²) in [5.41, 5.74) is 0.410. The maximum Gasteiger partial charge on any atom is 0.180 e. The van der Waals surface area contributed by atoms with Gasteiger partial charge in [-0.1, -0.05) is 6.07 Å².